The minimum Gasteiger partial charge on any atom is -0.358 e. The van der Waals surface area contributed by atoms with Crippen molar-refractivity contribution in [3.05, 3.63) is 106 Å². The first-order valence-electron chi connectivity index (χ1n) is 10.9. The lowest BCUT2D eigenvalue weighted by Crippen LogP contribution is -2.44. The van der Waals surface area contributed by atoms with Crippen molar-refractivity contribution in [2.75, 3.05) is 4.90 Å². The molecular formula is C27H18Cl2N2O3. The number of nitrogens with zero attached hydrogens (tertiary/aromatic N) is 2. The summed E-state index contributed by atoms with van der Waals surface area (Å²) in [6.45, 7) is 0. The number of amides is 2. The van der Waals surface area contributed by atoms with Gasteiger partial charge < -0.3 is 4.90 Å². The van der Waals surface area contributed by atoms with Gasteiger partial charge in [-0.25, -0.2) is 4.90 Å². The molecule has 168 valence electrons. The zero-order chi connectivity index (χ0) is 23.6. The van der Waals surface area contributed by atoms with Crippen LogP contribution in [0.4, 0.5) is 5.69 Å². The summed E-state index contributed by atoms with van der Waals surface area (Å²) in [7, 11) is 0. The fraction of sp³-hybridized carbons (Fsp3) is 0.148. The lowest BCUT2D eigenvalue weighted by molar-refractivity contribution is -0.123. The Hall–Kier alpha value is -3.41. The molecule has 5 nitrogen and oxygen atoms in total. The smallest absolute Gasteiger partial charge is 0.240 e. The number of anilines is 1. The fourth-order valence-corrected chi connectivity index (χ4v) is 5.82. The first-order chi connectivity index (χ1) is 16.5. The predicted octanol–water partition coefficient (Wildman–Crippen LogP) is 5.39. The molecule has 3 aromatic carbocycles. The third kappa shape index (κ3) is 3.04. The zero-order valence-corrected chi connectivity index (χ0v) is 19.3. The van der Waals surface area contributed by atoms with Gasteiger partial charge in [-0.05, 0) is 59.7 Å². The van der Waals surface area contributed by atoms with Crippen LogP contribution in [-0.4, -0.2) is 28.5 Å². The number of halogens is 2. The van der Waals surface area contributed by atoms with Crippen molar-refractivity contribution >= 4 is 52.6 Å². The van der Waals surface area contributed by atoms with E-state index in [2.05, 4.69) is 0 Å². The predicted molar refractivity (Wildman–Crippen MR) is 131 cm³/mol. The molecule has 0 radical (unpaired) electrons. The maximum atomic E-state index is 13.8. The van der Waals surface area contributed by atoms with E-state index in [0.717, 1.165) is 11.1 Å². The van der Waals surface area contributed by atoms with E-state index in [-0.39, 0.29) is 17.6 Å². The molecule has 3 heterocycles. The number of carbonyl (C=O) groups excluding carboxylic acids is 3. The largest absolute Gasteiger partial charge is 0.358 e. The monoisotopic (exact) mass is 488 g/mol. The van der Waals surface area contributed by atoms with E-state index in [4.69, 9.17) is 23.2 Å². The summed E-state index contributed by atoms with van der Waals surface area (Å²) in [5.74, 6) is -2.43. The minimum atomic E-state index is -0.824. The first kappa shape index (κ1) is 21.1. The lowest BCUT2D eigenvalue weighted by atomic mass is 9.83. The third-order valence-corrected chi connectivity index (χ3v) is 7.41. The van der Waals surface area contributed by atoms with Crippen LogP contribution in [-0.2, 0) is 9.59 Å². The summed E-state index contributed by atoms with van der Waals surface area (Å²) >= 11 is 12.2. The van der Waals surface area contributed by atoms with E-state index in [9.17, 15) is 14.4 Å². The first-order valence-corrected chi connectivity index (χ1v) is 11.7. The lowest BCUT2D eigenvalue weighted by Gasteiger charge is -2.35. The highest BCUT2D eigenvalue weighted by Gasteiger charge is 2.64. The SMILES string of the molecule is O=C(c1ccc(Cl)cc1)[C@H]1[C@H]2C(=O)N(c3cccc(Cl)c3)C(=O)[C@H]2C2c3ccccc3C=CN21. The molecule has 4 atom stereocenters. The molecule has 2 amide bonds. The summed E-state index contributed by atoms with van der Waals surface area (Å²) in [5, 5.41) is 0.946. The number of hydrogen-bond donors (Lipinski definition) is 0. The molecule has 0 saturated carbocycles. The van der Waals surface area contributed by atoms with Crippen molar-refractivity contribution < 1.29 is 14.4 Å². The fourth-order valence-electron chi connectivity index (χ4n) is 5.51. The zero-order valence-electron chi connectivity index (χ0n) is 17.8. The molecule has 2 fully saturated rings. The van der Waals surface area contributed by atoms with Gasteiger partial charge in [0.15, 0.2) is 5.78 Å². The van der Waals surface area contributed by atoms with E-state index in [1.54, 1.807) is 48.5 Å². The Balaban J connectivity index is 1.50. The molecule has 3 aliphatic heterocycles. The summed E-state index contributed by atoms with van der Waals surface area (Å²) in [5.41, 5.74) is 2.77. The minimum absolute atomic E-state index is 0.215. The molecule has 0 aromatic heterocycles. The Morgan fingerprint density at radius 3 is 2.29 bits per heavy atom. The number of hydrogen-bond acceptors (Lipinski definition) is 4. The van der Waals surface area contributed by atoms with E-state index in [0.29, 0.717) is 21.3 Å². The van der Waals surface area contributed by atoms with Crippen LogP contribution in [0.15, 0.2) is 79.0 Å². The molecule has 0 N–H and O–H groups in total. The van der Waals surface area contributed by atoms with Crippen molar-refractivity contribution in [3.8, 4) is 0 Å². The summed E-state index contributed by atoms with van der Waals surface area (Å²) in [6, 6.07) is 19.8. The molecule has 0 aliphatic carbocycles. The van der Waals surface area contributed by atoms with Gasteiger partial charge in [0.2, 0.25) is 11.8 Å². The molecule has 6 rings (SSSR count). The number of ketones is 1. The van der Waals surface area contributed by atoms with Crippen molar-refractivity contribution in [1.29, 1.82) is 0 Å². The van der Waals surface area contributed by atoms with Crippen LogP contribution in [0.25, 0.3) is 6.08 Å². The van der Waals surface area contributed by atoms with Crippen LogP contribution in [0.3, 0.4) is 0 Å². The molecular weight excluding hydrogens is 471 g/mol. The van der Waals surface area contributed by atoms with Gasteiger partial charge in [-0.15, -0.1) is 0 Å². The van der Waals surface area contributed by atoms with E-state index in [1.807, 2.05) is 41.4 Å². The topological polar surface area (TPSA) is 57.7 Å². The average molecular weight is 489 g/mol. The number of benzene rings is 3. The molecule has 2 saturated heterocycles. The summed E-state index contributed by atoms with van der Waals surface area (Å²) in [4.78, 5) is 44.5. The Morgan fingerprint density at radius 1 is 0.794 bits per heavy atom. The van der Waals surface area contributed by atoms with E-state index >= 15 is 0 Å². The molecule has 1 unspecified atom stereocenters. The quantitative estimate of drug-likeness (QED) is 0.366. The molecule has 0 spiro atoms. The van der Waals surface area contributed by atoms with Gasteiger partial charge in [-0.2, -0.15) is 0 Å². The number of imide groups is 1. The second-order valence-electron chi connectivity index (χ2n) is 8.70. The second-order valence-corrected chi connectivity index (χ2v) is 9.57. The van der Waals surface area contributed by atoms with Crippen molar-refractivity contribution in [2.24, 2.45) is 11.8 Å². The average Bonchev–Trinajstić information content (AvgIpc) is 3.31. The standard InChI is InChI=1S/C27H18Cl2N2O3/c28-17-10-8-16(9-11-17)25(32)24-22-21(23-20-7-2-1-4-15(20)12-13-30(23)24)26(33)31(27(22)34)19-6-3-5-18(29)14-19/h1-14,21-24H/t21-,22+,23?,24-/m1/s1. The van der Waals surface area contributed by atoms with Crippen molar-refractivity contribution in [2.45, 2.75) is 12.1 Å². The Morgan fingerprint density at radius 2 is 1.53 bits per heavy atom. The van der Waals surface area contributed by atoms with Crippen LogP contribution < -0.4 is 4.90 Å². The van der Waals surface area contributed by atoms with Gasteiger partial charge in [-0.1, -0.05) is 53.5 Å². The molecule has 3 aromatic rings. The van der Waals surface area contributed by atoms with Crippen LogP contribution in [0, 0.1) is 11.8 Å². The van der Waals surface area contributed by atoms with Gasteiger partial charge in [0.05, 0.1) is 23.6 Å². The van der Waals surface area contributed by atoms with E-state index < -0.39 is 23.9 Å². The van der Waals surface area contributed by atoms with Gasteiger partial charge in [0.1, 0.15) is 6.04 Å². The van der Waals surface area contributed by atoms with Crippen LogP contribution in [0.5, 0.6) is 0 Å². The van der Waals surface area contributed by atoms with Crippen molar-refractivity contribution in [3.63, 3.8) is 0 Å². The highest BCUT2D eigenvalue weighted by atomic mass is 35.5. The maximum Gasteiger partial charge on any atom is 0.240 e. The molecule has 3 aliphatic rings. The Labute approximate surface area is 206 Å². The van der Waals surface area contributed by atoms with Crippen molar-refractivity contribution in [1.82, 2.24) is 4.90 Å². The second kappa shape index (κ2) is 7.83. The highest BCUT2D eigenvalue weighted by Crippen LogP contribution is 2.53. The van der Waals surface area contributed by atoms with Gasteiger partial charge in [0, 0.05) is 21.8 Å². The number of fused-ring (bicyclic) bond motifs is 5. The number of carbonyl (C=O) groups is 3. The highest BCUT2D eigenvalue weighted by molar-refractivity contribution is 6.32. The van der Waals surface area contributed by atoms with Crippen LogP contribution in [0.1, 0.15) is 27.5 Å². The van der Waals surface area contributed by atoms with Crippen LogP contribution in [0.2, 0.25) is 10.0 Å². The Kier molecular flexibility index (Phi) is 4.87. The Bertz CT molecular complexity index is 1380. The van der Waals surface area contributed by atoms with Gasteiger partial charge in [0.25, 0.3) is 0 Å². The molecule has 7 heteroatoms. The van der Waals surface area contributed by atoms with Gasteiger partial charge in [-0.3, -0.25) is 14.4 Å². The maximum absolute atomic E-state index is 13.8. The third-order valence-electron chi connectivity index (χ3n) is 6.93. The van der Waals surface area contributed by atoms with E-state index in [1.165, 1.54) is 4.90 Å². The normalized spacial score (nSPS) is 24.8. The number of rotatable bonds is 3. The summed E-state index contributed by atoms with van der Waals surface area (Å²) in [6.07, 6.45) is 3.77. The summed E-state index contributed by atoms with van der Waals surface area (Å²) < 4.78 is 0. The molecule has 34 heavy (non-hydrogen) atoms. The molecule has 0 bridgehead atoms. The van der Waals surface area contributed by atoms with Crippen LogP contribution >= 0.6 is 23.2 Å². The number of Topliss-reactive ketones (excluding diaryl/α,β-unsaturated/α-hetero) is 1. The van der Waals surface area contributed by atoms with Gasteiger partial charge >= 0.3 is 0 Å².